The van der Waals surface area contributed by atoms with Crippen LogP contribution in [0.15, 0.2) is 24.3 Å². The SMILES string of the molecule is Cc1ccc(C=CC(=O)O)cc1C(=O)N1CCCSCC1. The number of amides is 1. The molecule has 5 heteroatoms. The van der Waals surface area contributed by atoms with Crippen LogP contribution in [0.3, 0.4) is 0 Å². The Kier molecular flexibility index (Phi) is 5.44. The average Bonchev–Trinajstić information content (AvgIpc) is 2.74. The van der Waals surface area contributed by atoms with Crippen LogP contribution in [-0.2, 0) is 4.79 Å². The van der Waals surface area contributed by atoms with Crippen LogP contribution in [0.25, 0.3) is 6.08 Å². The molecule has 112 valence electrons. The zero-order chi connectivity index (χ0) is 15.2. The molecular formula is C16H19NO3S. The number of nitrogens with zero attached hydrogens (tertiary/aromatic N) is 1. The van der Waals surface area contributed by atoms with Gasteiger partial charge in [-0.2, -0.15) is 11.8 Å². The molecule has 0 bridgehead atoms. The summed E-state index contributed by atoms with van der Waals surface area (Å²) in [6.45, 7) is 3.48. The molecule has 1 N–H and O–H groups in total. The van der Waals surface area contributed by atoms with Crippen molar-refractivity contribution in [1.29, 1.82) is 0 Å². The zero-order valence-corrected chi connectivity index (χ0v) is 12.9. The highest BCUT2D eigenvalue weighted by atomic mass is 32.2. The Balaban J connectivity index is 2.22. The van der Waals surface area contributed by atoms with Crippen LogP contribution in [0.2, 0.25) is 0 Å². The summed E-state index contributed by atoms with van der Waals surface area (Å²) in [6.07, 6.45) is 3.62. The molecule has 2 rings (SSSR count). The van der Waals surface area contributed by atoms with E-state index < -0.39 is 5.97 Å². The van der Waals surface area contributed by atoms with E-state index in [1.165, 1.54) is 6.08 Å². The Bertz CT molecular complexity index is 561. The number of carbonyl (C=O) groups is 2. The van der Waals surface area contributed by atoms with Crippen molar-refractivity contribution in [2.75, 3.05) is 24.6 Å². The number of carbonyl (C=O) groups excluding carboxylic acids is 1. The van der Waals surface area contributed by atoms with Crippen LogP contribution >= 0.6 is 11.8 Å². The number of aryl methyl sites for hydroxylation is 1. The number of aliphatic carboxylic acids is 1. The minimum atomic E-state index is -0.993. The van der Waals surface area contributed by atoms with Gasteiger partial charge in [-0.3, -0.25) is 4.79 Å². The van der Waals surface area contributed by atoms with Gasteiger partial charge in [-0.05, 0) is 42.4 Å². The molecule has 0 aliphatic carbocycles. The van der Waals surface area contributed by atoms with E-state index in [0.29, 0.717) is 5.56 Å². The molecule has 0 spiro atoms. The van der Waals surface area contributed by atoms with E-state index in [1.54, 1.807) is 6.07 Å². The lowest BCUT2D eigenvalue weighted by Crippen LogP contribution is -2.33. The first kappa shape index (κ1) is 15.6. The minimum Gasteiger partial charge on any atom is -0.478 e. The van der Waals surface area contributed by atoms with Crippen molar-refractivity contribution in [2.24, 2.45) is 0 Å². The molecule has 1 saturated heterocycles. The lowest BCUT2D eigenvalue weighted by molar-refractivity contribution is -0.131. The van der Waals surface area contributed by atoms with E-state index in [-0.39, 0.29) is 5.91 Å². The quantitative estimate of drug-likeness (QED) is 0.872. The van der Waals surface area contributed by atoms with Crippen molar-refractivity contribution in [2.45, 2.75) is 13.3 Å². The second kappa shape index (κ2) is 7.31. The van der Waals surface area contributed by atoms with Crippen molar-refractivity contribution in [3.05, 3.63) is 41.0 Å². The lowest BCUT2D eigenvalue weighted by Gasteiger charge is -2.21. The fraction of sp³-hybridized carbons (Fsp3) is 0.375. The average molecular weight is 305 g/mol. The molecule has 0 saturated carbocycles. The molecule has 1 heterocycles. The largest absolute Gasteiger partial charge is 0.478 e. The summed E-state index contributed by atoms with van der Waals surface area (Å²) in [5, 5.41) is 8.68. The summed E-state index contributed by atoms with van der Waals surface area (Å²) in [6, 6.07) is 5.46. The van der Waals surface area contributed by atoms with E-state index in [1.807, 2.05) is 35.7 Å². The molecule has 0 atom stereocenters. The number of hydrogen-bond donors (Lipinski definition) is 1. The number of carboxylic acids is 1. The number of benzene rings is 1. The Morgan fingerprint density at radius 1 is 1.29 bits per heavy atom. The number of hydrogen-bond acceptors (Lipinski definition) is 3. The first-order valence-electron chi connectivity index (χ1n) is 6.96. The van der Waals surface area contributed by atoms with Crippen LogP contribution < -0.4 is 0 Å². The van der Waals surface area contributed by atoms with E-state index in [4.69, 9.17) is 5.11 Å². The van der Waals surface area contributed by atoms with Gasteiger partial charge in [0.05, 0.1) is 0 Å². The molecule has 1 aliphatic heterocycles. The summed E-state index contributed by atoms with van der Waals surface area (Å²) in [4.78, 5) is 25.1. The summed E-state index contributed by atoms with van der Waals surface area (Å²) < 4.78 is 0. The molecule has 1 aliphatic rings. The van der Waals surface area contributed by atoms with E-state index in [2.05, 4.69) is 0 Å². The molecule has 21 heavy (non-hydrogen) atoms. The molecule has 4 nitrogen and oxygen atoms in total. The van der Waals surface area contributed by atoms with Gasteiger partial charge in [0.25, 0.3) is 5.91 Å². The van der Waals surface area contributed by atoms with Crippen molar-refractivity contribution in [3.8, 4) is 0 Å². The predicted molar refractivity (Wildman–Crippen MR) is 85.7 cm³/mol. The van der Waals surface area contributed by atoms with Gasteiger partial charge in [0.2, 0.25) is 0 Å². The number of rotatable bonds is 3. The van der Waals surface area contributed by atoms with Crippen LogP contribution in [-0.4, -0.2) is 46.5 Å². The van der Waals surface area contributed by atoms with E-state index in [0.717, 1.165) is 48.2 Å². The van der Waals surface area contributed by atoms with E-state index >= 15 is 0 Å². The highest BCUT2D eigenvalue weighted by Crippen LogP contribution is 2.18. The monoisotopic (exact) mass is 305 g/mol. The van der Waals surface area contributed by atoms with Crippen LogP contribution in [0.5, 0.6) is 0 Å². The fourth-order valence-electron chi connectivity index (χ4n) is 2.26. The lowest BCUT2D eigenvalue weighted by atomic mass is 10.0. The molecule has 0 aromatic heterocycles. The van der Waals surface area contributed by atoms with Gasteiger partial charge in [0, 0.05) is 30.5 Å². The maximum Gasteiger partial charge on any atom is 0.328 e. The van der Waals surface area contributed by atoms with Crippen LogP contribution in [0.1, 0.15) is 27.9 Å². The van der Waals surface area contributed by atoms with Crippen molar-refractivity contribution in [1.82, 2.24) is 4.90 Å². The number of thioether (sulfide) groups is 1. The first-order valence-corrected chi connectivity index (χ1v) is 8.12. The first-order chi connectivity index (χ1) is 10.1. The maximum atomic E-state index is 12.6. The maximum absolute atomic E-state index is 12.6. The molecular weight excluding hydrogens is 286 g/mol. The highest BCUT2D eigenvalue weighted by molar-refractivity contribution is 7.99. The molecule has 0 unspecified atom stereocenters. The summed E-state index contributed by atoms with van der Waals surface area (Å²) >= 11 is 1.88. The molecule has 0 radical (unpaired) electrons. The second-order valence-corrected chi connectivity index (χ2v) is 6.23. The Hall–Kier alpha value is -1.75. The molecule has 1 amide bonds. The van der Waals surface area contributed by atoms with Crippen molar-refractivity contribution < 1.29 is 14.7 Å². The topological polar surface area (TPSA) is 57.6 Å². The van der Waals surface area contributed by atoms with Crippen molar-refractivity contribution >= 4 is 29.7 Å². The highest BCUT2D eigenvalue weighted by Gasteiger charge is 2.19. The normalized spacial score (nSPS) is 16.0. The molecule has 1 aromatic carbocycles. The molecule has 1 fully saturated rings. The second-order valence-electron chi connectivity index (χ2n) is 5.00. The summed E-state index contributed by atoms with van der Waals surface area (Å²) in [5.41, 5.74) is 2.31. The van der Waals surface area contributed by atoms with Gasteiger partial charge >= 0.3 is 5.97 Å². The smallest absolute Gasteiger partial charge is 0.328 e. The van der Waals surface area contributed by atoms with Gasteiger partial charge in [-0.15, -0.1) is 0 Å². The van der Waals surface area contributed by atoms with Gasteiger partial charge in [0.15, 0.2) is 0 Å². The third-order valence-electron chi connectivity index (χ3n) is 3.42. The zero-order valence-electron chi connectivity index (χ0n) is 12.0. The summed E-state index contributed by atoms with van der Waals surface area (Å²) in [7, 11) is 0. The summed E-state index contributed by atoms with van der Waals surface area (Å²) in [5.74, 6) is 1.13. The third-order valence-corrected chi connectivity index (χ3v) is 4.47. The fourth-order valence-corrected chi connectivity index (χ4v) is 3.15. The number of carboxylic acid groups (broad SMARTS) is 1. The van der Waals surface area contributed by atoms with Gasteiger partial charge in [-0.25, -0.2) is 4.79 Å². The Morgan fingerprint density at radius 2 is 2.10 bits per heavy atom. The molecule has 1 aromatic rings. The predicted octanol–water partition coefficient (Wildman–Crippen LogP) is 2.67. The van der Waals surface area contributed by atoms with Gasteiger partial charge in [0.1, 0.15) is 0 Å². The Labute approximate surface area is 128 Å². The standard InChI is InChI=1S/C16H19NO3S/c1-12-3-4-13(5-6-15(18)19)11-14(12)16(20)17-7-2-9-21-10-8-17/h3-6,11H,2,7-10H2,1H3,(H,18,19). The Morgan fingerprint density at radius 3 is 2.86 bits per heavy atom. The minimum absolute atomic E-state index is 0.0422. The third kappa shape index (κ3) is 4.36. The van der Waals surface area contributed by atoms with Crippen LogP contribution in [0, 0.1) is 6.92 Å². The van der Waals surface area contributed by atoms with Crippen molar-refractivity contribution in [3.63, 3.8) is 0 Å². The van der Waals surface area contributed by atoms with Gasteiger partial charge in [-0.1, -0.05) is 12.1 Å². The van der Waals surface area contributed by atoms with Crippen LogP contribution in [0.4, 0.5) is 0 Å². The van der Waals surface area contributed by atoms with Gasteiger partial charge < -0.3 is 10.0 Å². The van der Waals surface area contributed by atoms with E-state index in [9.17, 15) is 9.59 Å².